The van der Waals surface area contributed by atoms with Gasteiger partial charge in [-0.15, -0.1) is 22.7 Å². The summed E-state index contributed by atoms with van der Waals surface area (Å²) >= 11 is 9.51. The molecule has 0 fully saturated rings. The van der Waals surface area contributed by atoms with Crippen molar-refractivity contribution in [2.24, 2.45) is 0 Å². The number of rotatable bonds is 9. The first-order valence-corrected chi connectivity index (χ1v) is 8.89. The van der Waals surface area contributed by atoms with E-state index in [0.29, 0.717) is 0 Å². The zero-order valence-electron chi connectivity index (χ0n) is 11.6. The van der Waals surface area contributed by atoms with Crippen LogP contribution in [0.1, 0.15) is 35.1 Å². The normalized spacial score (nSPS) is 12.7. The van der Waals surface area contributed by atoms with Gasteiger partial charge in [-0.25, -0.2) is 0 Å². The average molecular weight is 330 g/mol. The molecule has 1 atom stereocenters. The molecule has 0 saturated carbocycles. The highest BCUT2D eigenvalue weighted by Crippen LogP contribution is 2.32. The fourth-order valence-electron chi connectivity index (χ4n) is 2.07. The van der Waals surface area contributed by atoms with Crippen molar-refractivity contribution < 1.29 is 4.74 Å². The molecule has 1 unspecified atom stereocenters. The second-order valence-corrected chi connectivity index (χ2v) is 7.32. The molecule has 0 amide bonds. The summed E-state index contributed by atoms with van der Waals surface area (Å²) in [6, 6.07) is 8.65. The molecule has 0 aliphatic heterocycles. The summed E-state index contributed by atoms with van der Waals surface area (Å²) in [7, 11) is 1.76. The first-order chi connectivity index (χ1) is 9.81. The Balaban J connectivity index is 1.88. The molecule has 0 aliphatic carbocycles. The summed E-state index contributed by atoms with van der Waals surface area (Å²) in [5, 5.41) is 5.77. The van der Waals surface area contributed by atoms with Crippen molar-refractivity contribution in [3.8, 4) is 0 Å². The van der Waals surface area contributed by atoms with Crippen molar-refractivity contribution in [3.63, 3.8) is 0 Å². The molecule has 1 N–H and O–H groups in total. The smallest absolute Gasteiger partial charge is 0.0931 e. The molecule has 0 aliphatic rings. The predicted octanol–water partition coefficient (Wildman–Crippen LogP) is 4.96. The van der Waals surface area contributed by atoms with Gasteiger partial charge in [-0.2, -0.15) is 0 Å². The number of hydrogen-bond acceptors (Lipinski definition) is 4. The van der Waals surface area contributed by atoms with Crippen molar-refractivity contribution in [3.05, 3.63) is 43.7 Å². The van der Waals surface area contributed by atoms with Crippen molar-refractivity contribution in [1.82, 2.24) is 5.32 Å². The third-order valence-electron chi connectivity index (χ3n) is 3.08. The molecule has 2 aromatic rings. The van der Waals surface area contributed by atoms with Crippen LogP contribution in [0.15, 0.2) is 29.6 Å². The molecule has 2 heterocycles. The van der Waals surface area contributed by atoms with E-state index in [1.807, 2.05) is 6.07 Å². The highest BCUT2D eigenvalue weighted by molar-refractivity contribution is 7.16. The maximum Gasteiger partial charge on any atom is 0.0931 e. The van der Waals surface area contributed by atoms with Gasteiger partial charge in [-0.05, 0) is 49.4 Å². The maximum atomic E-state index is 6.06. The zero-order chi connectivity index (χ0) is 14.2. The topological polar surface area (TPSA) is 21.3 Å². The van der Waals surface area contributed by atoms with Gasteiger partial charge in [0.25, 0.3) is 0 Å². The minimum atomic E-state index is 0.273. The van der Waals surface area contributed by atoms with Crippen molar-refractivity contribution in [2.45, 2.75) is 25.3 Å². The lowest BCUT2D eigenvalue weighted by Gasteiger charge is -2.16. The fourth-order valence-corrected chi connectivity index (χ4v) is 4.12. The van der Waals surface area contributed by atoms with Crippen LogP contribution in [0.4, 0.5) is 0 Å². The summed E-state index contributed by atoms with van der Waals surface area (Å²) in [6.07, 6.45) is 3.50. The summed E-state index contributed by atoms with van der Waals surface area (Å²) in [5.41, 5.74) is 0. The Labute approximate surface area is 133 Å². The standard InChI is InChI=1S/C15H20ClNOS2/c1-18-10-4-2-3-9-17-15(12-6-5-11-19-12)13-7-8-14(16)20-13/h5-8,11,15,17H,2-4,9-10H2,1H3. The Morgan fingerprint density at radius 1 is 1.20 bits per heavy atom. The van der Waals surface area contributed by atoms with E-state index in [1.54, 1.807) is 29.8 Å². The number of halogens is 1. The lowest BCUT2D eigenvalue weighted by Crippen LogP contribution is -2.22. The van der Waals surface area contributed by atoms with Crippen molar-refractivity contribution >= 4 is 34.3 Å². The molecule has 0 spiro atoms. The monoisotopic (exact) mass is 329 g/mol. The molecule has 0 radical (unpaired) electrons. The first kappa shape index (κ1) is 16.0. The molecule has 2 nitrogen and oxygen atoms in total. The van der Waals surface area contributed by atoms with Crippen LogP contribution in [-0.2, 0) is 4.74 Å². The number of thiophene rings is 2. The van der Waals surface area contributed by atoms with Gasteiger partial charge in [-0.3, -0.25) is 0 Å². The van der Waals surface area contributed by atoms with E-state index < -0.39 is 0 Å². The average Bonchev–Trinajstić information content (AvgIpc) is 3.10. The Morgan fingerprint density at radius 3 is 2.75 bits per heavy atom. The minimum absolute atomic E-state index is 0.273. The molecule has 0 saturated heterocycles. The quantitative estimate of drug-likeness (QED) is 0.656. The van der Waals surface area contributed by atoms with Crippen LogP contribution in [0.2, 0.25) is 4.34 Å². The second-order valence-electron chi connectivity index (χ2n) is 4.60. The van der Waals surface area contributed by atoms with Crippen LogP contribution in [-0.4, -0.2) is 20.3 Å². The van der Waals surface area contributed by atoms with Crippen molar-refractivity contribution in [2.75, 3.05) is 20.3 Å². The van der Waals surface area contributed by atoms with Gasteiger partial charge in [-0.1, -0.05) is 17.7 Å². The molecular formula is C15H20ClNOS2. The van der Waals surface area contributed by atoms with Crippen LogP contribution >= 0.6 is 34.3 Å². The fraction of sp³-hybridized carbons (Fsp3) is 0.467. The Bertz CT molecular complexity index is 484. The van der Waals surface area contributed by atoms with E-state index in [9.17, 15) is 0 Å². The van der Waals surface area contributed by atoms with Gasteiger partial charge in [0.05, 0.1) is 10.4 Å². The SMILES string of the molecule is COCCCCCNC(c1cccs1)c1ccc(Cl)s1. The summed E-state index contributed by atoms with van der Waals surface area (Å²) in [5.74, 6) is 0. The van der Waals surface area contributed by atoms with E-state index in [0.717, 1.165) is 23.9 Å². The van der Waals surface area contributed by atoms with Gasteiger partial charge in [0.1, 0.15) is 0 Å². The second kappa shape index (κ2) is 8.80. The first-order valence-electron chi connectivity index (χ1n) is 6.82. The molecular weight excluding hydrogens is 310 g/mol. The van der Waals surface area contributed by atoms with E-state index >= 15 is 0 Å². The number of ether oxygens (including phenoxy) is 1. The number of unbranched alkanes of at least 4 members (excludes halogenated alkanes) is 2. The lowest BCUT2D eigenvalue weighted by atomic mass is 10.2. The van der Waals surface area contributed by atoms with Crippen LogP contribution in [0, 0.1) is 0 Å². The highest BCUT2D eigenvalue weighted by atomic mass is 35.5. The van der Waals surface area contributed by atoms with Gasteiger partial charge < -0.3 is 10.1 Å². The third kappa shape index (κ3) is 4.86. The maximum absolute atomic E-state index is 6.06. The van der Waals surface area contributed by atoms with Gasteiger partial charge >= 0.3 is 0 Å². The van der Waals surface area contributed by atoms with Crippen LogP contribution in [0.5, 0.6) is 0 Å². The van der Waals surface area contributed by atoms with Crippen LogP contribution in [0.3, 0.4) is 0 Å². The van der Waals surface area contributed by atoms with Crippen LogP contribution < -0.4 is 5.32 Å². The van der Waals surface area contributed by atoms with E-state index in [1.165, 1.54) is 22.6 Å². The van der Waals surface area contributed by atoms with Gasteiger partial charge in [0.2, 0.25) is 0 Å². The molecule has 2 aromatic heterocycles. The number of hydrogen-bond donors (Lipinski definition) is 1. The summed E-state index contributed by atoms with van der Waals surface area (Å²) < 4.78 is 5.92. The number of methoxy groups -OCH3 is 1. The number of nitrogens with one attached hydrogen (secondary N) is 1. The molecule has 20 heavy (non-hydrogen) atoms. The highest BCUT2D eigenvalue weighted by Gasteiger charge is 2.16. The van der Waals surface area contributed by atoms with Gasteiger partial charge in [0, 0.05) is 23.5 Å². The van der Waals surface area contributed by atoms with Crippen LogP contribution in [0.25, 0.3) is 0 Å². The van der Waals surface area contributed by atoms with E-state index in [-0.39, 0.29) is 6.04 Å². The largest absolute Gasteiger partial charge is 0.385 e. The third-order valence-corrected chi connectivity index (χ3v) is 5.31. The predicted molar refractivity (Wildman–Crippen MR) is 89.2 cm³/mol. The van der Waals surface area contributed by atoms with E-state index in [4.69, 9.17) is 16.3 Å². The Hall–Kier alpha value is -0.390. The molecule has 2 rings (SSSR count). The Morgan fingerprint density at radius 2 is 2.10 bits per heavy atom. The molecule has 5 heteroatoms. The van der Waals surface area contributed by atoms with Gasteiger partial charge in [0.15, 0.2) is 0 Å². The summed E-state index contributed by atoms with van der Waals surface area (Å²) in [6.45, 7) is 1.87. The summed E-state index contributed by atoms with van der Waals surface area (Å²) in [4.78, 5) is 2.63. The minimum Gasteiger partial charge on any atom is -0.385 e. The molecule has 110 valence electrons. The molecule has 0 aromatic carbocycles. The zero-order valence-corrected chi connectivity index (χ0v) is 14.0. The van der Waals surface area contributed by atoms with E-state index in [2.05, 4.69) is 28.9 Å². The lowest BCUT2D eigenvalue weighted by molar-refractivity contribution is 0.192. The van der Waals surface area contributed by atoms with Crippen molar-refractivity contribution in [1.29, 1.82) is 0 Å². The molecule has 0 bridgehead atoms. The Kier molecular flexibility index (Phi) is 7.03.